The van der Waals surface area contributed by atoms with Crippen LogP contribution in [0.25, 0.3) is 11.0 Å². The number of carbonyl (C=O) groups is 1. The first-order valence-electron chi connectivity index (χ1n) is 10.3. The fourth-order valence-corrected chi connectivity index (χ4v) is 4.32. The molecule has 3 aromatic rings. The largest absolute Gasteiger partial charge is 0.486 e. The normalized spacial score (nSPS) is 14.6. The van der Waals surface area contributed by atoms with Crippen molar-refractivity contribution in [3.63, 3.8) is 0 Å². The SMILES string of the molecule is CC.CCc1coc2cc(OC3CCc4c3ccc(C(F)(F)F)c4Br)ccc12.COC=O. The summed E-state index contributed by atoms with van der Waals surface area (Å²) in [5.74, 6) is 0.656. The van der Waals surface area contributed by atoms with Crippen LogP contribution in [-0.4, -0.2) is 13.6 Å². The fraction of sp³-hybridized carbons (Fsp3) is 0.375. The summed E-state index contributed by atoms with van der Waals surface area (Å²) in [6.45, 7) is 6.44. The molecule has 1 unspecified atom stereocenters. The van der Waals surface area contributed by atoms with Gasteiger partial charge in [-0.15, -0.1) is 0 Å². The van der Waals surface area contributed by atoms with Crippen LogP contribution in [0.15, 0.2) is 45.5 Å². The number of alkyl halides is 3. The molecule has 1 aliphatic carbocycles. The topological polar surface area (TPSA) is 48.7 Å². The number of aryl methyl sites for hydroxylation is 1. The monoisotopic (exact) mass is 514 g/mol. The van der Waals surface area contributed by atoms with Crippen molar-refractivity contribution >= 4 is 33.4 Å². The van der Waals surface area contributed by atoms with Crippen molar-refractivity contribution in [1.82, 2.24) is 0 Å². The van der Waals surface area contributed by atoms with Crippen LogP contribution < -0.4 is 4.74 Å². The summed E-state index contributed by atoms with van der Waals surface area (Å²) >= 11 is 3.13. The first kappa shape index (κ1) is 25.8. The molecular weight excluding hydrogens is 489 g/mol. The number of hydrogen-bond acceptors (Lipinski definition) is 4. The summed E-state index contributed by atoms with van der Waals surface area (Å²) in [5.41, 5.74) is 2.74. The molecule has 1 aliphatic rings. The van der Waals surface area contributed by atoms with E-state index in [2.05, 4.69) is 27.6 Å². The van der Waals surface area contributed by atoms with Crippen molar-refractivity contribution in [1.29, 1.82) is 0 Å². The van der Waals surface area contributed by atoms with Crippen molar-refractivity contribution in [2.75, 3.05) is 7.11 Å². The summed E-state index contributed by atoms with van der Waals surface area (Å²) in [6.07, 6.45) is -0.803. The van der Waals surface area contributed by atoms with Gasteiger partial charge >= 0.3 is 6.18 Å². The predicted molar refractivity (Wildman–Crippen MR) is 121 cm³/mol. The highest BCUT2D eigenvalue weighted by Crippen LogP contribution is 2.44. The summed E-state index contributed by atoms with van der Waals surface area (Å²) in [6, 6.07) is 8.33. The summed E-state index contributed by atoms with van der Waals surface area (Å²) in [4.78, 5) is 8.95. The molecule has 0 amide bonds. The second-order valence-electron chi connectivity index (χ2n) is 6.74. The maximum absolute atomic E-state index is 13.1. The first-order chi connectivity index (χ1) is 15.3. The molecule has 0 radical (unpaired) electrons. The molecule has 1 atom stereocenters. The first-order valence-corrected chi connectivity index (χ1v) is 11.1. The highest BCUT2D eigenvalue weighted by Gasteiger charge is 2.36. The van der Waals surface area contributed by atoms with Crippen LogP contribution in [0.1, 0.15) is 55.5 Å². The Morgan fingerprint density at radius 1 is 1.22 bits per heavy atom. The molecule has 0 bridgehead atoms. The molecule has 4 rings (SSSR count). The molecule has 4 nitrogen and oxygen atoms in total. The van der Waals surface area contributed by atoms with Gasteiger partial charge in [0.2, 0.25) is 0 Å². The number of carbonyl (C=O) groups excluding carboxylic acids is 1. The van der Waals surface area contributed by atoms with E-state index < -0.39 is 11.7 Å². The van der Waals surface area contributed by atoms with Gasteiger partial charge in [0.1, 0.15) is 17.4 Å². The van der Waals surface area contributed by atoms with Gasteiger partial charge in [0.15, 0.2) is 0 Å². The molecule has 32 heavy (non-hydrogen) atoms. The van der Waals surface area contributed by atoms with Crippen molar-refractivity contribution in [3.8, 4) is 5.75 Å². The van der Waals surface area contributed by atoms with E-state index in [9.17, 15) is 13.2 Å². The Hall–Kier alpha value is -2.48. The van der Waals surface area contributed by atoms with E-state index in [1.54, 1.807) is 6.26 Å². The number of ether oxygens (including phenoxy) is 2. The molecule has 1 aromatic heterocycles. The van der Waals surface area contributed by atoms with E-state index in [-0.39, 0.29) is 10.6 Å². The number of fused-ring (bicyclic) bond motifs is 2. The minimum absolute atomic E-state index is 0.127. The zero-order valence-electron chi connectivity index (χ0n) is 18.4. The number of hydrogen-bond donors (Lipinski definition) is 0. The third kappa shape index (κ3) is 5.65. The maximum atomic E-state index is 13.1. The zero-order chi connectivity index (χ0) is 23.9. The van der Waals surface area contributed by atoms with E-state index in [1.165, 1.54) is 13.2 Å². The average Bonchev–Trinajstić information content (AvgIpc) is 3.39. The van der Waals surface area contributed by atoms with Crippen LogP contribution >= 0.6 is 15.9 Å². The lowest BCUT2D eigenvalue weighted by Gasteiger charge is -2.17. The second-order valence-corrected chi connectivity index (χ2v) is 7.54. The molecule has 0 spiro atoms. The number of rotatable bonds is 4. The minimum atomic E-state index is -4.37. The van der Waals surface area contributed by atoms with Gasteiger partial charge in [-0.3, -0.25) is 4.79 Å². The molecule has 0 saturated heterocycles. The smallest absolute Gasteiger partial charge is 0.417 e. The lowest BCUT2D eigenvalue weighted by Crippen LogP contribution is -2.09. The highest BCUT2D eigenvalue weighted by atomic mass is 79.9. The standard InChI is InChI=1S/C20H16BrF3O2.C2H4O2.C2H6/c1-2-11-10-25-18-9-12(3-4-13(11)18)26-17-8-6-15-14(17)5-7-16(19(15)21)20(22,23)24;1-4-2-3;1-2/h3-5,7,9-10,17H,2,6,8H2,1H3;2H,1H3;1-2H3. The van der Waals surface area contributed by atoms with Gasteiger partial charge in [-0.25, -0.2) is 0 Å². The van der Waals surface area contributed by atoms with Gasteiger partial charge in [-0.2, -0.15) is 13.2 Å². The van der Waals surface area contributed by atoms with Crippen molar-refractivity contribution < 1.29 is 31.9 Å². The number of benzene rings is 2. The van der Waals surface area contributed by atoms with E-state index in [1.807, 2.05) is 32.0 Å². The van der Waals surface area contributed by atoms with Crippen LogP contribution in [0.4, 0.5) is 13.2 Å². The lowest BCUT2D eigenvalue weighted by molar-refractivity contribution is -0.138. The van der Waals surface area contributed by atoms with Crippen LogP contribution in [0, 0.1) is 0 Å². The molecule has 0 saturated carbocycles. The van der Waals surface area contributed by atoms with Crippen LogP contribution in [-0.2, 0) is 28.5 Å². The van der Waals surface area contributed by atoms with Crippen molar-refractivity contribution in [2.45, 2.75) is 52.3 Å². The van der Waals surface area contributed by atoms with Gasteiger partial charge in [-0.1, -0.05) is 26.8 Å². The average molecular weight is 515 g/mol. The Bertz CT molecular complexity index is 1040. The third-order valence-electron chi connectivity index (χ3n) is 4.97. The van der Waals surface area contributed by atoms with Gasteiger partial charge in [0.05, 0.1) is 18.9 Å². The Kier molecular flexibility index (Phi) is 9.19. The minimum Gasteiger partial charge on any atom is -0.486 e. The Labute approximate surface area is 193 Å². The second kappa shape index (κ2) is 11.4. The van der Waals surface area contributed by atoms with Crippen molar-refractivity contribution in [2.24, 2.45) is 0 Å². The Morgan fingerprint density at radius 2 is 1.91 bits per heavy atom. The molecule has 8 heteroatoms. The lowest BCUT2D eigenvalue weighted by atomic mass is 10.1. The van der Waals surface area contributed by atoms with Crippen LogP contribution in [0.3, 0.4) is 0 Å². The Morgan fingerprint density at radius 3 is 2.50 bits per heavy atom. The molecule has 174 valence electrons. The Balaban J connectivity index is 0.000000547. The quantitative estimate of drug-likeness (QED) is 0.335. The van der Waals surface area contributed by atoms with E-state index >= 15 is 0 Å². The molecule has 1 heterocycles. The fourth-order valence-electron chi connectivity index (χ4n) is 3.54. The number of halogens is 4. The highest BCUT2D eigenvalue weighted by molar-refractivity contribution is 9.10. The van der Waals surface area contributed by atoms with Gasteiger partial charge in [-0.05, 0) is 70.1 Å². The number of methoxy groups -OCH3 is 1. The molecule has 0 fully saturated rings. The van der Waals surface area contributed by atoms with Gasteiger partial charge < -0.3 is 13.9 Å². The summed E-state index contributed by atoms with van der Waals surface area (Å²) < 4.78 is 54.8. The molecule has 0 aliphatic heterocycles. The predicted octanol–water partition coefficient (Wildman–Crippen LogP) is 7.66. The van der Waals surface area contributed by atoms with E-state index in [0.29, 0.717) is 30.6 Å². The zero-order valence-corrected chi connectivity index (χ0v) is 20.0. The van der Waals surface area contributed by atoms with E-state index in [0.717, 1.165) is 34.6 Å². The maximum Gasteiger partial charge on any atom is 0.417 e. The van der Waals surface area contributed by atoms with Crippen LogP contribution in [0.2, 0.25) is 0 Å². The van der Waals surface area contributed by atoms with E-state index in [4.69, 9.17) is 13.9 Å². The van der Waals surface area contributed by atoms with Crippen molar-refractivity contribution in [3.05, 3.63) is 63.3 Å². The molecular formula is C24H26BrF3O4. The summed E-state index contributed by atoms with van der Waals surface area (Å²) in [5, 5.41) is 1.06. The molecule has 0 N–H and O–H groups in total. The van der Waals surface area contributed by atoms with Crippen LogP contribution in [0.5, 0.6) is 5.75 Å². The third-order valence-corrected chi connectivity index (χ3v) is 5.88. The van der Waals surface area contributed by atoms with Gasteiger partial charge in [0.25, 0.3) is 6.47 Å². The number of furan rings is 1. The molecule has 2 aromatic carbocycles. The van der Waals surface area contributed by atoms with Gasteiger partial charge in [0, 0.05) is 15.9 Å². The summed E-state index contributed by atoms with van der Waals surface area (Å²) in [7, 11) is 1.31.